The van der Waals surface area contributed by atoms with E-state index in [1.54, 1.807) is 36.4 Å². The summed E-state index contributed by atoms with van der Waals surface area (Å²) in [6.45, 7) is 2.27. The van der Waals surface area contributed by atoms with Gasteiger partial charge in [-0.1, -0.05) is 53.0 Å². The zero-order chi connectivity index (χ0) is 21.5. The first-order chi connectivity index (χ1) is 14.5. The summed E-state index contributed by atoms with van der Waals surface area (Å²) in [6.07, 6.45) is 1.49. The number of halogens is 2. The van der Waals surface area contributed by atoms with Gasteiger partial charge in [0.05, 0.1) is 18.3 Å². The maximum absolute atomic E-state index is 12.1. The van der Waals surface area contributed by atoms with Gasteiger partial charge in [0.25, 0.3) is 5.91 Å². The molecule has 0 atom stereocenters. The maximum Gasteiger partial charge on any atom is 0.271 e. The van der Waals surface area contributed by atoms with Crippen molar-refractivity contribution in [3.8, 4) is 11.5 Å². The molecule has 0 bridgehead atoms. The van der Waals surface area contributed by atoms with Crippen LogP contribution < -0.4 is 14.9 Å². The molecule has 7 heteroatoms. The number of nitrogens with zero attached hydrogens (tertiary/aromatic N) is 1. The average Bonchev–Trinajstić information content (AvgIpc) is 2.74. The standard InChI is InChI=1S/C23H20Cl2N2O3/c1-15-3-7-18(8-4-15)23(28)27-26-13-17-11-20(25)22(21(12-17)29-2)30-14-16-5-9-19(24)10-6-16/h3-13H,14H2,1-2H3,(H,27,28)/b26-13-. The monoisotopic (exact) mass is 442 g/mol. The van der Waals surface area contributed by atoms with E-state index in [0.29, 0.717) is 39.3 Å². The number of hydrogen-bond donors (Lipinski definition) is 1. The van der Waals surface area contributed by atoms with Crippen molar-refractivity contribution < 1.29 is 14.3 Å². The van der Waals surface area contributed by atoms with E-state index in [4.69, 9.17) is 32.7 Å². The zero-order valence-electron chi connectivity index (χ0n) is 16.5. The molecule has 0 unspecified atom stereocenters. The summed E-state index contributed by atoms with van der Waals surface area (Å²) in [5.74, 6) is 0.588. The van der Waals surface area contributed by atoms with Crippen molar-refractivity contribution >= 4 is 35.3 Å². The van der Waals surface area contributed by atoms with E-state index in [0.717, 1.165) is 11.1 Å². The lowest BCUT2D eigenvalue weighted by Crippen LogP contribution is -2.17. The van der Waals surface area contributed by atoms with Crippen molar-refractivity contribution in [2.75, 3.05) is 7.11 Å². The van der Waals surface area contributed by atoms with Crippen LogP contribution in [0.2, 0.25) is 10.0 Å². The summed E-state index contributed by atoms with van der Waals surface area (Å²) in [7, 11) is 1.53. The Labute approximate surface area is 185 Å². The first-order valence-electron chi connectivity index (χ1n) is 9.11. The van der Waals surface area contributed by atoms with Crippen molar-refractivity contribution in [3.63, 3.8) is 0 Å². The van der Waals surface area contributed by atoms with Gasteiger partial charge in [0.2, 0.25) is 0 Å². The third-order valence-electron chi connectivity index (χ3n) is 4.24. The molecule has 0 aliphatic heterocycles. The van der Waals surface area contributed by atoms with Crippen LogP contribution in [0.4, 0.5) is 0 Å². The van der Waals surface area contributed by atoms with Gasteiger partial charge < -0.3 is 9.47 Å². The summed E-state index contributed by atoms with van der Waals surface area (Å²) in [4.78, 5) is 12.1. The second-order valence-corrected chi connectivity index (χ2v) is 7.36. The molecular formula is C23H20Cl2N2O3. The number of aryl methyl sites for hydroxylation is 1. The number of hydrazone groups is 1. The molecule has 0 aromatic heterocycles. The number of carbonyl (C=O) groups excluding carboxylic acids is 1. The molecule has 5 nitrogen and oxygen atoms in total. The first kappa shape index (κ1) is 21.7. The van der Waals surface area contributed by atoms with Gasteiger partial charge >= 0.3 is 0 Å². The van der Waals surface area contributed by atoms with E-state index in [2.05, 4.69) is 10.5 Å². The van der Waals surface area contributed by atoms with Gasteiger partial charge in [-0.25, -0.2) is 5.43 Å². The number of benzene rings is 3. The number of amides is 1. The SMILES string of the molecule is COc1cc(/C=N\NC(=O)c2ccc(C)cc2)cc(Cl)c1OCc1ccc(Cl)cc1. The smallest absolute Gasteiger partial charge is 0.271 e. The van der Waals surface area contributed by atoms with Gasteiger partial charge in [0.1, 0.15) is 6.61 Å². The van der Waals surface area contributed by atoms with Crippen LogP contribution in [-0.2, 0) is 6.61 Å². The molecule has 30 heavy (non-hydrogen) atoms. The van der Waals surface area contributed by atoms with E-state index in [1.807, 2.05) is 31.2 Å². The normalized spacial score (nSPS) is 10.8. The molecule has 0 aliphatic carbocycles. The van der Waals surface area contributed by atoms with E-state index < -0.39 is 0 Å². The summed E-state index contributed by atoms with van der Waals surface area (Å²) in [5.41, 5.74) is 5.70. The predicted octanol–water partition coefficient (Wildman–Crippen LogP) is 5.65. The molecule has 154 valence electrons. The maximum atomic E-state index is 12.1. The molecule has 0 heterocycles. The van der Waals surface area contributed by atoms with E-state index in [-0.39, 0.29) is 5.91 Å². The number of ether oxygens (including phenoxy) is 2. The number of nitrogens with one attached hydrogen (secondary N) is 1. The molecule has 1 amide bonds. The lowest BCUT2D eigenvalue weighted by molar-refractivity contribution is 0.0955. The molecule has 0 spiro atoms. The summed E-state index contributed by atoms with van der Waals surface area (Å²) in [5, 5.41) is 5.03. The Kier molecular flexibility index (Phi) is 7.33. The number of carbonyl (C=O) groups is 1. The predicted molar refractivity (Wildman–Crippen MR) is 120 cm³/mol. The van der Waals surface area contributed by atoms with Gasteiger partial charge in [-0.05, 0) is 54.4 Å². The highest BCUT2D eigenvalue weighted by Crippen LogP contribution is 2.36. The van der Waals surface area contributed by atoms with Crippen LogP contribution in [0.15, 0.2) is 65.8 Å². The van der Waals surface area contributed by atoms with Gasteiger partial charge in [0.15, 0.2) is 11.5 Å². The summed E-state index contributed by atoms with van der Waals surface area (Å²) < 4.78 is 11.2. The lowest BCUT2D eigenvalue weighted by atomic mass is 10.1. The molecule has 3 rings (SSSR count). The van der Waals surface area contributed by atoms with Crippen molar-refractivity contribution in [3.05, 3.63) is 93.0 Å². The largest absolute Gasteiger partial charge is 0.493 e. The Morgan fingerprint density at radius 1 is 1.07 bits per heavy atom. The van der Waals surface area contributed by atoms with Gasteiger partial charge in [0, 0.05) is 10.6 Å². The van der Waals surface area contributed by atoms with E-state index >= 15 is 0 Å². The molecule has 0 fully saturated rings. The van der Waals surface area contributed by atoms with Gasteiger partial charge in [-0.2, -0.15) is 5.10 Å². The van der Waals surface area contributed by atoms with Crippen molar-refractivity contribution in [1.29, 1.82) is 0 Å². The Balaban J connectivity index is 1.68. The molecule has 3 aromatic carbocycles. The Morgan fingerprint density at radius 2 is 1.77 bits per heavy atom. The number of methoxy groups -OCH3 is 1. The fourth-order valence-corrected chi connectivity index (χ4v) is 3.03. The van der Waals surface area contributed by atoms with Crippen LogP contribution in [0.3, 0.4) is 0 Å². The van der Waals surface area contributed by atoms with E-state index in [1.165, 1.54) is 13.3 Å². The second kappa shape index (κ2) is 10.1. The Morgan fingerprint density at radius 3 is 2.43 bits per heavy atom. The average molecular weight is 443 g/mol. The third kappa shape index (κ3) is 5.75. The second-order valence-electron chi connectivity index (χ2n) is 6.51. The Hall–Kier alpha value is -3.02. The van der Waals surface area contributed by atoms with Crippen molar-refractivity contribution in [2.24, 2.45) is 5.10 Å². The molecule has 0 aliphatic rings. The third-order valence-corrected chi connectivity index (χ3v) is 4.77. The quantitative estimate of drug-likeness (QED) is 0.379. The van der Waals surface area contributed by atoms with Gasteiger partial charge in [-0.3, -0.25) is 4.79 Å². The van der Waals surface area contributed by atoms with E-state index in [9.17, 15) is 4.79 Å². The molecule has 0 saturated carbocycles. The summed E-state index contributed by atoms with van der Waals surface area (Å²) >= 11 is 12.3. The minimum absolute atomic E-state index is 0.299. The Bertz CT molecular complexity index is 1050. The molecular weight excluding hydrogens is 423 g/mol. The van der Waals surface area contributed by atoms with Crippen molar-refractivity contribution in [1.82, 2.24) is 5.43 Å². The fraction of sp³-hybridized carbons (Fsp3) is 0.130. The highest BCUT2D eigenvalue weighted by molar-refractivity contribution is 6.32. The fourth-order valence-electron chi connectivity index (χ4n) is 2.63. The minimum atomic E-state index is -0.299. The van der Waals surface area contributed by atoms with Crippen LogP contribution in [0, 0.1) is 6.92 Å². The number of rotatable bonds is 7. The van der Waals surface area contributed by atoms with Crippen LogP contribution in [0.5, 0.6) is 11.5 Å². The van der Waals surface area contributed by atoms with Crippen LogP contribution in [-0.4, -0.2) is 19.2 Å². The summed E-state index contributed by atoms with van der Waals surface area (Å²) in [6, 6.07) is 18.0. The van der Waals surface area contributed by atoms with Crippen LogP contribution in [0.25, 0.3) is 0 Å². The van der Waals surface area contributed by atoms with Crippen LogP contribution >= 0.6 is 23.2 Å². The van der Waals surface area contributed by atoms with Gasteiger partial charge in [-0.15, -0.1) is 0 Å². The lowest BCUT2D eigenvalue weighted by Gasteiger charge is -2.13. The topological polar surface area (TPSA) is 59.9 Å². The molecule has 1 N–H and O–H groups in total. The molecule has 3 aromatic rings. The van der Waals surface area contributed by atoms with Crippen molar-refractivity contribution in [2.45, 2.75) is 13.5 Å². The zero-order valence-corrected chi connectivity index (χ0v) is 18.0. The minimum Gasteiger partial charge on any atom is -0.493 e. The molecule has 0 radical (unpaired) electrons. The highest BCUT2D eigenvalue weighted by atomic mass is 35.5. The number of hydrogen-bond acceptors (Lipinski definition) is 4. The van der Waals surface area contributed by atoms with Crippen LogP contribution in [0.1, 0.15) is 27.0 Å². The first-order valence-corrected chi connectivity index (χ1v) is 9.86. The highest BCUT2D eigenvalue weighted by Gasteiger charge is 2.12. The molecule has 0 saturated heterocycles.